The van der Waals surface area contributed by atoms with Gasteiger partial charge >= 0.3 is 6.03 Å². The van der Waals surface area contributed by atoms with Gasteiger partial charge in [0.1, 0.15) is 0 Å². The van der Waals surface area contributed by atoms with Crippen LogP contribution in [-0.2, 0) is 11.8 Å². The monoisotopic (exact) mass is 364 g/mol. The van der Waals surface area contributed by atoms with Crippen LogP contribution >= 0.6 is 0 Å². The smallest absolute Gasteiger partial charge is 0.317 e. The van der Waals surface area contributed by atoms with Crippen LogP contribution in [0.1, 0.15) is 36.8 Å². The molecule has 142 valence electrons. The van der Waals surface area contributed by atoms with E-state index in [2.05, 4.69) is 39.9 Å². The summed E-state index contributed by atoms with van der Waals surface area (Å²) in [5.41, 5.74) is 4.37. The summed E-state index contributed by atoms with van der Waals surface area (Å²) in [6.45, 7) is 3.23. The maximum Gasteiger partial charge on any atom is 0.317 e. The Labute approximate surface area is 161 Å². The quantitative estimate of drug-likeness (QED) is 0.798. The molecule has 1 spiro atoms. The number of carbonyl (C=O) groups is 1. The Morgan fingerprint density at radius 1 is 1.07 bits per heavy atom. The van der Waals surface area contributed by atoms with Gasteiger partial charge in [-0.2, -0.15) is 0 Å². The molecule has 0 unspecified atom stereocenters. The van der Waals surface area contributed by atoms with Crippen molar-refractivity contribution in [1.82, 2.24) is 15.2 Å². The van der Waals surface area contributed by atoms with E-state index in [0.717, 1.165) is 44.6 Å². The third-order valence-corrected chi connectivity index (χ3v) is 6.09. The zero-order valence-corrected chi connectivity index (χ0v) is 15.8. The average Bonchev–Trinajstić information content (AvgIpc) is 3.07. The standard InChI is InChI=1S/C22H28N4O/c27-21(25-14-4-13-24-19-6-3-12-23-17-19)26-15-10-22(11-16-26)9-8-18-5-1-2-7-20(18)22/h1-3,5-7,12,17,24H,4,8-11,13-16H2,(H,25,27). The van der Waals surface area contributed by atoms with E-state index in [-0.39, 0.29) is 6.03 Å². The highest BCUT2D eigenvalue weighted by molar-refractivity contribution is 5.74. The number of nitrogens with one attached hydrogen (secondary N) is 2. The topological polar surface area (TPSA) is 57.3 Å². The van der Waals surface area contributed by atoms with Gasteiger partial charge in [0.05, 0.1) is 5.69 Å². The Balaban J connectivity index is 1.19. The molecule has 0 radical (unpaired) electrons. The van der Waals surface area contributed by atoms with Gasteiger partial charge in [0.2, 0.25) is 0 Å². The van der Waals surface area contributed by atoms with E-state index in [9.17, 15) is 4.79 Å². The summed E-state index contributed by atoms with van der Waals surface area (Å²) < 4.78 is 0. The first kappa shape index (κ1) is 17.8. The maximum absolute atomic E-state index is 12.5. The maximum atomic E-state index is 12.5. The number of anilines is 1. The minimum atomic E-state index is 0.0810. The second kappa shape index (κ2) is 7.99. The van der Waals surface area contributed by atoms with Crippen LogP contribution in [0.3, 0.4) is 0 Å². The number of hydrogen-bond acceptors (Lipinski definition) is 3. The molecule has 1 aromatic heterocycles. The van der Waals surface area contributed by atoms with Crippen molar-refractivity contribution < 1.29 is 4.79 Å². The number of urea groups is 1. The Bertz CT molecular complexity index is 769. The van der Waals surface area contributed by atoms with E-state index in [1.807, 2.05) is 23.2 Å². The van der Waals surface area contributed by atoms with Crippen LogP contribution in [0.25, 0.3) is 0 Å². The molecule has 5 heteroatoms. The van der Waals surface area contributed by atoms with E-state index in [1.54, 1.807) is 6.20 Å². The van der Waals surface area contributed by atoms with Crippen molar-refractivity contribution in [2.45, 2.75) is 37.5 Å². The SMILES string of the molecule is O=C(NCCCNc1cccnc1)N1CCC2(CCc3ccccc32)CC1. The molecule has 2 aromatic rings. The first-order chi connectivity index (χ1) is 13.3. The van der Waals surface area contributed by atoms with Crippen molar-refractivity contribution in [3.8, 4) is 0 Å². The number of aromatic nitrogens is 1. The number of nitrogens with zero attached hydrogens (tertiary/aromatic N) is 2. The molecule has 1 aliphatic heterocycles. The molecule has 0 saturated carbocycles. The van der Waals surface area contributed by atoms with Gasteiger partial charge < -0.3 is 15.5 Å². The Hall–Kier alpha value is -2.56. The summed E-state index contributed by atoms with van der Waals surface area (Å²) in [7, 11) is 0. The van der Waals surface area contributed by atoms with Gasteiger partial charge in [-0.3, -0.25) is 4.98 Å². The summed E-state index contributed by atoms with van der Waals surface area (Å²) in [6, 6.07) is 12.9. The third kappa shape index (κ3) is 3.92. The molecule has 2 aliphatic rings. The molecular formula is C22H28N4O. The Morgan fingerprint density at radius 2 is 1.93 bits per heavy atom. The highest BCUT2D eigenvalue weighted by Crippen LogP contribution is 2.46. The lowest BCUT2D eigenvalue weighted by Gasteiger charge is -2.40. The predicted molar refractivity (Wildman–Crippen MR) is 108 cm³/mol. The number of pyridine rings is 1. The van der Waals surface area contributed by atoms with Crippen LogP contribution in [0.5, 0.6) is 0 Å². The lowest BCUT2D eigenvalue weighted by atomic mass is 9.74. The number of benzene rings is 1. The molecule has 4 rings (SSSR count). The van der Waals surface area contributed by atoms with Crippen LogP contribution < -0.4 is 10.6 Å². The van der Waals surface area contributed by atoms with Gasteiger partial charge in [0.25, 0.3) is 0 Å². The minimum Gasteiger partial charge on any atom is -0.384 e. The van der Waals surface area contributed by atoms with Crippen molar-refractivity contribution in [2.24, 2.45) is 0 Å². The summed E-state index contributed by atoms with van der Waals surface area (Å²) in [5, 5.41) is 6.38. The molecule has 0 atom stereocenters. The third-order valence-electron chi connectivity index (χ3n) is 6.09. The summed E-state index contributed by atoms with van der Waals surface area (Å²) in [4.78, 5) is 18.5. The van der Waals surface area contributed by atoms with Crippen LogP contribution in [0.15, 0.2) is 48.8 Å². The molecule has 2 heterocycles. The van der Waals surface area contributed by atoms with Gasteiger partial charge in [-0.25, -0.2) is 4.79 Å². The number of fused-ring (bicyclic) bond motifs is 2. The van der Waals surface area contributed by atoms with Crippen LogP contribution in [0.4, 0.5) is 10.5 Å². The fourth-order valence-corrected chi connectivity index (χ4v) is 4.52. The average molecular weight is 364 g/mol. The van der Waals surface area contributed by atoms with Gasteiger partial charge in [0, 0.05) is 38.6 Å². The predicted octanol–water partition coefficient (Wildman–Crippen LogP) is 3.57. The van der Waals surface area contributed by atoms with Crippen molar-refractivity contribution >= 4 is 11.7 Å². The molecule has 5 nitrogen and oxygen atoms in total. The van der Waals surface area contributed by atoms with Gasteiger partial charge in [-0.05, 0) is 60.8 Å². The molecule has 2 amide bonds. The summed E-state index contributed by atoms with van der Waals surface area (Å²) in [6.07, 6.45) is 9.06. The van der Waals surface area contributed by atoms with E-state index in [1.165, 1.54) is 24.0 Å². The minimum absolute atomic E-state index is 0.0810. The van der Waals surface area contributed by atoms with Gasteiger partial charge in [-0.1, -0.05) is 24.3 Å². The normalized spacial score (nSPS) is 17.6. The zero-order valence-electron chi connectivity index (χ0n) is 15.8. The van der Waals surface area contributed by atoms with Crippen molar-refractivity contribution in [3.05, 3.63) is 59.9 Å². The number of amides is 2. The molecule has 27 heavy (non-hydrogen) atoms. The summed E-state index contributed by atoms with van der Waals surface area (Å²) >= 11 is 0. The van der Waals surface area contributed by atoms with Crippen molar-refractivity contribution in [2.75, 3.05) is 31.5 Å². The van der Waals surface area contributed by atoms with E-state index in [0.29, 0.717) is 12.0 Å². The molecule has 1 saturated heterocycles. The largest absolute Gasteiger partial charge is 0.384 e. The number of piperidine rings is 1. The Kier molecular flexibility index (Phi) is 5.28. The number of carbonyl (C=O) groups excluding carboxylic acids is 1. The zero-order chi connectivity index (χ0) is 18.5. The second-order valence-corrected chi connectivity index (χ2v) is 7.68. The molecule has 1 fully saturated rings. The molecule has 1 aromatic carbocycles. The lowest BCUT2D eigenvalue weighted by molar-refractivity contribution is 0.157. The number of hydrogen-bond donors (Lipinski definition) is 2. The fraction of sp³-hybridized carbons (Fsp3) is 0.455. The van der Waals surface area contributed by atoms with Crippen LogP contribution in [0.2, 0.25) is 0 Å². The lowest BCUT2D eigenvalue weighted by Crippen LogP contribution is -2.48. The molecule has 2 N–H and O–H groups in total. The van der Waals surface area contributed by atoms with E-state index in [4.69, 9.17) is 0 Å². The van der Waals surface area contributed by atoms with Gasteiger partial charge in [-0.15, -0.1) is 0 Å². The van der Waals surface area contributed by atoms with Crippen molar-refractivity contribution in [3.63, 3.8) is 0 Å². The fourth-order valence-electron chi connectivity index (χ4n) is 4.52. The first-order valence-electron chi connectivity index (χ1n) is 10.0. The molecule has 0 bridgehead atoms. The van der Waals surface area contributed by atoms with Crippen molar-refractivity contribution in [1.29, 1.82) is 0 Å². The first-order valence-corrected chi connectivity index (χ1v) is 10.0. The van der Waals surface area contributed by atoms with E-state index < -0.39 is 0 Å². The van der Waals surface area contributed by atoms with E-state index >= 15 is 0 Å². The van der Waals surface area contributed by atoms with Crippen LogP contribution in [-0.4, -0.2) is 42.1 Å². The highest BCUT2D eigenvalue weighted by atomic mass is 16.2. The Morgan fingerprint density at radius 3 is 2.74 bits per heavy atom. The molecule has 1 aliphatic carbocycles. The van der Waals surface area contributed by atoms with Gasteiger partial charge in [0.15, 0.2) is 0 Å². The number of rotatable bonds is 5. The highest BCUT2D eigenvalue weighted by Gasteiger charge is 2.41. The number of likely N-dealkylation sites (tertiary alicyclic amines) is 1. The number of aryl methyl sites for hydroxylation is 1. The molecular weight excluding hydrogens is 336 g/mol. The summed E-state index contributed by atoms with van der Waals surface area (Å²) in [5.74, 6) is 0. The second-order valence-electron chi connectivity index (χ2n) is 7.68. The van der Waals surface area contributed by atoms with Crippen LogP contribution in [0, 0.1) is 0 Å².